The number of benzene rings is 2. The van der Waals surface area contributed by atoms with Crippen LogP contribution < -0.4 is 4.74 Å². The minimum Gasteiger partial charge on any atom is -0.492 e. The molecule has 0 saturated carbocycles. The van der Waals surface area contributed by atoms with Gasteiger partial charge in [-0.2, -0.15) is 0 Å². The van der Waals surface area contributed by atoms with Gasteiger partial charge in [-0.25, -0.2) is 4.79 Å². The lowest BCUT2D eigenvalue weighted by molar-refractivity contribution is 0.0599. The van der Waals surface area contributed by atoms with Gasteiger partial charge in [0.15, 0.2) is 0 Å². The molecule has 1 aliphatic heterocycles. The van der Waals surface area contributed by atoms with Crippen LogP contribution in [0.1, 0.15) is 35.3 Å². The number of fused-ring (bicyclic) bond motifs is 3. The van der Waals surface area contributed by atoms with E-state index < -0.39 is 5.50 Å². The van der Waals surface area contributed by atoms with Crippen molar-refractivity contribution >= 4 is 30.7 Å². The number of rotatable bonds is 1. The summed E-state index contributed by atoms with van der Waals surface area (Å²) in [5.41, 5.74) is 1.24. The van der Waals surface area contributed by atoms with Crippen LogP contribution in [0.2, 0.25) is 0 Å². The molecule has 0 aliphatic carbocycles. The molecule has 4 nitrogen and oxygen atoms in total. The molecule has 0 saturated heterocycles. The van der Waals surface area contributed by atoms with E-state index in [0.29, 0.717) is 11.3 Å². The number of ether oxygens (including phenoxy) is 2. The van der Waals surface area contributed by atoms with Crippen LogP contribution in [0.3, 0.4) is 0 Å². The molecule has 0 spiro atoms. The van der Waals surface area contributed by atoms with Crippen LogP contribution in [0.25, 0.3) is 16.8 Å². The van der Waals surface area contributed by atoms with Gasteiger partial charge in [-0.05, 0) is 31.7 Å². The number of aryl methyl sites for hydroxylation is 1. The molecule has 2 aromatic carbocycles. The summed E-state index contributed by atoms with van der Waals surface area (Å²) in [6.07, 6.45) is 3.58. The minimum atomic E-state index is -0.890. The van der Waals surface area contributed by atoms with Gasteiger partial charge in [-0.15, -0.1) is 0 Å². The molecule has 0 fully saturated rings. The standard InChI is InChI=1S/C17H15BO3.C2H6O/c1-10-11-6-4-5-7-12(11)15-13(14(10)16(19)20-3)8-9-17(2,18)21-15;1-2-3/h4-9H,1-3H3;3H,2H2,1H3. The third kappa shape index (κ3) is 3.31. The molecular weight excluding hydrogens is 303 g/mol. The second-order valence-corrected chi connectivity index (χ2v) is 5.72. The van der Waals surface area contributed by atoms with E-state index in [2.05, 4.69) is 0 Å². The van der Waals surface area contributed by atoms with Crippen molar-refractivity contribution in [3.63, 3.8) is 0 Å². The highest BCUT2D eigenvalue weighted by atomic mass is 16.5. The molecule has 24 heavy (non-hydrogen) atoms. The zero-order valence-corrected chi connectivity index (χ0v) is 14.4. The first kappa shape index (κ1) is 18.1. The van der Waals surface area contributed by atoms with Gasteiger partial charge in [0, 0.05) is 17.6 Å². The van der Waals surface area contributed by atoms with E-state index in [0.717, 1.165) is 21.9 Å². The predicted octanol–water partition coefficient (Wildman–Crippen LogP) is 3.22. The number of aliphatic hydroxyl groups excluding tert-OH is 1. The second kappa shape index (κ2) is 7.10. The average molecular weight is 324 g/mol. The quantitative estimate of drug-likeness (QED) is 0.646. The Bertz CT molecular complexity index is 794. The van der Waals surface area contributed by atoms with E-state index in [1.165, 1.54) is 7.11 Å². The van der Waals surface area contributed by atoms with E-state index in [1.807, 2.05) is 37.3 Å². The van der Waals surface area contributed by atoms with Crippen molar-refractivity contribution in [1.82, 2.24) is 0 Å². The number of esters is 1. The maximum absolute atomic E-state index is 12.2. The molecule has 0 amide bonds. The Morgan fingerprint density at radius 1 is 1.33 bits per heavy atom. The Labute approximate surface area is 143 Å². The molecule has 2 radical (unpaired) electrons. The van der Waals surface area contributed by atoms with Gasteiger partial charge in [0.2, 0.25) is 0 Å². The lowest BCUT2D eigenvalue weighted by Crippen LogP contribution is -2.32. The first-order chi connectivity index (χ1) is 11.4. The summed E-state index contributed by atoms with van der Waals surface area (Å²) in [6.45, 7) is 5.62. The van der Waals surface area contributed by atoms with Crippen LogP contribution >= 0.6 is 0 Å². The average Bonchev–Trinajstić information content (AvgIpc) is 2.55. The SMILES string of the molecule is CCO.[B]C1(C)C=Cc2c(C(=O)OC)c(C)c3ccccc3c2O1. The first-order valence-electron chi connectivity index (χ1n) is 7.77. The zero-order chi connectivity index (χ0) is 17.9. The largest absolute Gasteiger partial charge is 0.492 e. The van der Waals surface area contributed by atoms with Crippen molar-refractivity contribution < 1.29 is 19.4 Å². The topological polar surface area (TPSA) is 55.8 Å². The Hall–Kier alpha value is -2.27. The van der Waals surface area contributed by atoms with Crippen molar-refractivity contribution in [2.45, 2.75) is 26.3 Å². The number of carbonyl (C=O) groups excluding carboxylic acids is 1. The minimum absolute atomic E-state index is 0.250. The number of aliphatic hydroxyl groups is 1. The third-order valence-corrected chi connectivity index (χ3v) is 3.76. The zero-order valence-electron chi connectivity index (χ0n) is 14.4. The van der Waals surface area contributed by atoms with Gasteiger partial charge in [-0.1, -0.05) is 36.4 Å². The fraction of sp³-hybridized carbons (Fsp3) is 0.316. The molecule has 1 heterocycles. The summed E-state index contributed by atoms with van der Waals surface area (Å²) in [5, 5.41) is 9.47. The maximum Gasteiger partial charge on any atom is 0.338 e. The lowest BCUT2D eigenvalue weighted by Gasteiger charge is -2.31. The summed E-state index contributed by atoms with van der Waals surface area (Å²) < 4.78 is 10.8. The number of hydrogen-bond acceptors (Lipinski definition) is 4. The van der Waals surface area contributed by atoms with E-state index in [4.69, 9.17) is 22.4 Å². The summed E-state index contributed by atoms with van der Waals surface area (Å²) in [4.78, 5) is 12.2. The Balaban J connectivity index is 0.000000647. The molecule has 1 N–H and O–H groups in total. The molecule has 3 rings (SSSR count). The van der Waals surface area contributed by atoms with Crippen LogP contribution in [0.15, 0.2) is 30.3 Å². The van der Waals surface area contributed by atoms with E-state index in [9.17, 15) is 4.79 Å². The van der Waals surface area contributed by atoms with E-state index in [1.54, 1.807) is 19.9 Å². The van der Waals surface area contributed by atoms with Gasteiger partial charge in [0.25, 0.3) is 0 Å². The van der Waals surface area contributed by atoms with Gasteiger partial charge in [0.05, 0.1) is 18.2 Å². The van der Waals surface area contributed by atoms with Crippen LogP contribution in [-0.2, 0) is 4.74 Å². The Morgan fingerprint density at radius 3 is 2.50 bits per heavy atom. The highest BCUT2D eigenvalue weighted by Crippen LogP contribution is 2.41. The fourth-order valence-corrected chi connectivity index (χ4v) is 2.74. The molecule has 5 heteroatoms. The lowest BCUT2D eigenvalue weighted by atomic mass is 9.80. The third-order valence-electron chi connectivity index (χ3n) is 3.76. The van der Waals surface area contributed by atoms with Gasteiger partial charge >= 0.3 is 5.97 Å². The van der Waals surface area contributed by atoms with Crippen molar-refractivity contribution in [1.29, 1.82) is 0 Å². The Kier molecular flexibility index (Phi) is 5.35. The monoisotopic (exact) mass is 324 g/mol. The maximum atomic E-state index is 12.2. The number of methoxy groups -OCH3 is 1. The van der Waals surface area contributed by atoms with Crippen molar-refractivity contribution in [3.8, 4) is 5.75 Å². The van der Waals surface area contributed by atoms with Gasteiger partial charge in [-0.3, -0.25) is 0 Å². The molecule has 1 atom stereocenters. The molecule has 1 unspecified atom stereocenters. The fourth-order valence-electron chi connectivity index (χ4n) is 2.74. The normalized spacial score (nSPS) is 18.2. The molecule has 0 aromatic heterocycles. The molecular formula is C19H21BO4. The molecule has 1 aliphatic rings. The van der Waals surface area contributed by atoms with Crippen LogP contribution in [-0.4, -0.2) is 38.1 Å². The first-order valence-corrected chi connectivity index (χ1v) is 7.77. The summed E-state index contributed by atoms with van der Waals surface area (Å²) in [6, 6.07) is 7.81. The smallest absolute Gasteiger partial charge is 0.338 e. The molecule has 2 aromatic rings. The van der Waals surface area contributed by atoms with Crippen molar-refractivity contribution in [2.24, 2.45) is 0 Å². The van der Waals surface area contributed by atoms with Crippen molar-refractivity contribution in [2.75, 3.05) is 13.7 Å². The van der Waals surface area contributed by atoms with E-state index >= 15 is 0 Å². The Morgan fingerprint density at radius 2 is 1.92 bits per heavy atom. The van der Waals surface area contributed by atoms with Gasteiger partial charge < -0.3 is 14.6 Å². The number of carbonyl (C=O) groups is 1. The van der Waals surface area contributed by atoms with E-state index in [-0.39, 0.29) is 12.6 Å². The van der Waals surface area contributed by atoms with Gasteiger partial charge in [0.1, 0.15) is 13.6 Å². The molecule has 0 bridgehead atoms. The highest BCUT2D eigenvalue weighted by Gasteiger charge is 2.28. The van der Waals surface area contributed by atoms with Crippen LogP contribution in [0, 0.1) is 6.92 Å². The summed E-state index contributed by atoms with van der Waals surface area (Å²) in [5.74, 6) is 0.257. The second-order valence-electron chi connectivity index (χ2n) is 5.72. The van der Waals surface area contributed by atoms with Crippen LogP contribution in [0.4, 0.5) is 0 Å². The van der Waals surface area contributed by atoms with Crippen LogP contribution in [0.5, 0.6) is 5.75 Å². The summed E-state index contributed by atoms with van der Waals surface area (Å²) in [7, 11) is 7.43. The highest BCUT2D eigenvalue weighted by molar-refractivity contribution is 6.17. The summed E-state index contributed by atoms with van der Waals surface area (Å²) >= 11 is 0. The van der Waals surface area contributed by atoms with Crippen molar-refractivity contribution in [3.05, 3.63) is 47.0 Å². The molecule has 124 valence electrons. The predicted molar refractivity (Wildman–Crippen MR) is 96.6 cm³/mol. The number of hydrogen-bond donors (Lipinski definition) is 1.